The van der Waals surface area contributed by atoms with Crippen LogP contribution in [0.5, 0.6) is 0 Å². The van der Waals surface area contributed by atoms with Gasteiger partial charge in [0, 0.05) is 11.6 Å². The number of amides is 1. The number of halogens is 3. The minimum absolute atomic E-state index is 0.157. The third-order valence-electron chi connectivity index (χ3n) is 3.99. The molecule has 2 rings (SSSR count). The summed E-state index contributed by atoms with van der Waals surface area (Å²) in [6.07, 6.45) is -2.14. The van der Waals surface area contributed by atoms with Crippen LogP contribution in [-0.2, 0) is 16.0 Å². The maximum Gasteiger partial charge on any atom is 0.411 e. The topological polar surface area (TPSA) is 64.4 Å². The molecule has 0 radical (unpaired) electrons. The highest BCUT2D eigenvalue weighted by Crippen LogP contribution is 2.24. The maximum absolute atomic E-state index is 12.2. The molecule has 0 unspecified atom stereocenters. The Morgan fingerprint density at radius 2 is 2.13 bits per heavy atom. The van der Waals surface area contributed by atoms with Crippen molar-refractivity contribution in [1.82, 2.24) is 10.5 Å². The molecule has 8 heteroatoms. The quantitative estimate of drug-likeness (QED) is 0.899. The van der Waals surface area contributed by atoms with E-state index in [1.807, 2.05) is 0 Å². The standard InChI is InChI=1S/C15H21F3N2O3/c1-9-13(10(2)23-20-9)7-14(21)19-11-4-3-5-12(6-11)22-8-15(16,17)18/h11-12H,3-8H2,1-2H3,(H,19,21)/t11-,12+/m0/s1. The monoisotopic (exact) mass is 334 g/mol. The van der Waals surface area contributed by atoms with E-state index in [1.165, 1.54) is 0 Å². The molecule has 2 atom stereocenters. The van der Waals surface area contributed by atoms with E-state index in [4.69, 9.17) is 9.26 Å². The van der Waals surface area contributed by atoms with Gasteiger partial charge < -0.3 is 14.6 Å². The molecule has 0 bridgehead atoms. The Morgan fingerprint density at radius 1 is 1.39 bits per heavy atom. The van der Waals surface area contributed by atoms with Gasteiger partial charge in [-0.3, -0.25) is 4.79 Å². The van der Waals surface area contributed by atoms with Crippen molar-refractivity contribution in [2.24, 2.45) is 0 Å². The molecular formula is C15H21F3N2O3. The van der Waals surface area contributed by atoms with E-state index < -0.39 is 18.9 Å². The van der Waals surface area contributed by atoms with E-state index in [-0.39, 0.29) is 18.4 Å². The first-order valence-corrected chi connectivity index (χ1v) is 7.64. The summed E-state index contributed by atoms with van der Waals surface area (Å²) in [7, 11) is 0. The summed E-state index contributed by atoms with van der Waals surface area (Å²) in [4.78, 5) is 12.1. The molecule has 0 saturated heterocycles. The minimum atomic E-state index is -4.32. The largest absolute Gasteiger partial charge is 0.411 e. The summed E-state index contributed by atoms with van der Waals surface area (Å²) in [5, 5.41) is 6.66. The number of ether oxygens (including phenoxy) is 1. The van der Waals surface area contributed by atoms with E-state index in [0.717, 1.165) is 18.4 Å². The molecule has 23 heavy (non-hydrogen) atoms. The van der Waals surface area contributed by atoms with Crippen molar-refractivity contribution < 1.29 is 27.2 Å². The summed E-state index contributed by atoms with van der Waals surface area (Å²) in [5.74, 6) is 0.425. The van der Waals surface area contributed by atoms with Crippen molar-refractivity contribution in [3.63, 3.8) is 0 Å². The minimum Gasteiger partial charge on any atom is -0.369 e. The zero-order chi connectivity index (χ0) is 17.0. The van der Waals surface area contributed by atoms with Gasteiger partial charge in [0.1, 0.15) is 12.4 Å². The van der Waals surface area contributed by atoms with Crippen LogP contribution in [0.3, 0.4) is 0 Å². The molecule has 1 amide bonds. The SMILES string of the molecule is Cc1noc(C)c1CC(=O)N[C@H]1CCC[C@@H](OCC(F)(F)F)C1. The zero-order valence-corrected chi connectivity index (χ0v) is 13.2. The Morgan fingerprint density at radius 3 is 2.74 bits per heavy atom. The average Bonchev–Trinajstić information content (AvgIpc) is 2.77. The molecular weight excluding hydrogens is 313 g/mol. The molecule has 0 spiro atoms. The van der Waals surface area contributed by atoms with Crippen molar-refractivity contribution in [3.8, 4) is 0 Å². The Balaban J connectivity index is 1.81. The maximum atomic E-state index is 12.2. The second-order valence-electron chi connectivity index (χ2n) is 5.96. The number of alkyl halides is 3. The number of hydrogen-bond donors (Lipinski definition) is 1. The van der Waals surface area contributed by atoms with Crippen LogP contribution >= 0.6 is 0 Å². The van der Waals surface area contributed by atoms with Crippen LogP contribution in [0.4, 0.5) is 13.2 Å². The van der Waals surface area contributed by atoms with Gasteiger partial charge in [-0.1, -0.05) is 5.16 Å². The zero-order valence-electron chi connectivity index (χ0n) is 13.2. The van der Waals surface area contributed by atoms with E-state index in [2.05, 4.69) is 10.5 Å². The molecule has 1 saturated carbocycles. The molecule has 0 aromatic carbocycles. The van der Waals surface area contributed by atoms with Gasteiger partial charge in [0.05, 0.1) is 18.2 Å². The first-order chi connectivity index (χ1) is 10.7. The first kappa shape index (κ1) is 17.8. The molecule has 1 fully saturated rings. The third kappa shape index (κ3) is 5.53. The van der Waals surface area contributed by atoms with Gasteiger partial charge in [0.25, 0.3) is 0 Å². The Hall–Kier alpha value is -1.57. The summed E-state index contributed by atoms with van der Waals surface area (Å²) >= 11 is 0. The fourth-order valence-corrected chi connectivity index (χ4v) is 2.83. The number of aryl methyl sites for hydroxylation is 2. The lowest BCUT2D eigenvalue weighted by Gasteiger charge is -2.30. The highest BCUT2D eigenvalue weighted by Gasteiger charge is 2.31. The van der Waals surface area contributed by atoms with Crippen LogP contribution < -0.4 is 5.32 Å². The van der Waals surface area contributed by atoms with Gasteiger partial charge in [-0.15, -0.1) is 0 Å². The summed E-state index contributed by atoms with van der Waals surface area (Å²) in [6.45, 7) is 2.27. The van der Waals surface area contributed by atoms with E-state index in [0.29, 0.717) is 24.3 Å². The van der Waals surface area contributed by atoms with Gasteiger partial charge in [-0.25, -0.2) is 0 Å². The van der Waals surface area contributed by atoms with Gasteiger partial charge in [-0.05, 0) is 39.5 Å². The predicted molar refractivity (Wildman–Crippen MR) is 75.9 cm³/mol. The fraction of sp³-hybridized carbons (Fsp3) is 0.733. The number of rotatable bonds is 5. The van der Waals surface area contributed by atoms with Gasteiger partial charge in [-0.2, -0.15) is 13.2 Å². The van der Waals surface area contributed by atoms with Gasteiger partial charge in [0.15, 0.2) is 0 Å². The number of nitrogens with zero attached hydrogens (tertiary/aromatic N) is 1. The highest BCUT2D eigenvalue weighted by atomic mass is 19.4. The lowest BCUT2D eigenvalue weighted by Crippen LogP contribution is -2.41. The molecule has 1 N–H and O–H groups in total. The summed E-state index contributed by atoms with van der Waals surface area (Å²) < 4.78 is 46.5. The summed E-state index contributed by atoms with van der Waals surface area (Å²) in [5.41, 5.74) is 1.43. The molecule has 1 aliphatic rings. The third-order valence-corrected chi connectivity index (χ3v) is 3.99. The van der Waals surface area contributed by atoms with Crippen LogP contribution in [0.15, 0.2) is 4.52 Å². The molecule has 130 valence electrons. The van der Waals surface area contributed by atoms with Crippen molar-refractivity contribution in [2.45, 2.75) is 64.3 Å². The van der Waals surface area contributed by atoms with E-state index >= 15 is 0 Å². The number of aromatic nitrogens is 1. The van der Waals surface area contributed by atoms with Crippen molar-refractivity contribution in [1.29, 1.82) is 0 Å². The van der Waals surface area contributed by atoms with Crippen molar-refractivity contribution in [2.75, 3.05) is 6.61 Å². The Bertz CT molecular complexity index is 523. The lowest BCUT2D eigenvalue weighted by molar-refractivity contribution is -0.188. The van der Waals surface area contributed by atoms with E-state index in [9.17, 15) is 18.0 Å². The Labute approximate surface area is 132 Å². The molecule has 1 aliphatic carbocycles. The van der Waals surface area contributed by atoms with Crippen molar-refractivity contribution >= 4 is 5.91 Å². The molecule has 0 aliphatic heterocycles. The number of carbonyl (C=O) groups excluding carboxylic acids is 1. The molecule has 1 aromatic heterocycles. The van der Waals surface area contributed by atoms with Crippen molar-refractivity contribution in [3.05, 3.63) is 17.0 Å². The fourth-order valence-electron chi connectivity index (χ4n) is 2.83. The summed E-state index contributed by atoms with van der Waals surface area (Å²) in [6, 6.07) is -0.157. The van der Waals surface area contributed by atoms with Crippen LogP contribution in [0.1, 0.15) is 42.7 Å². The second-order valence-corrected chi connectivity index (χ2v) is 5.96. The van der Waals surface area contributed by atoms with Crippen LogP contribution in [0.25, 0.3) is 0 Å². The smallest absolute Gasteiger partial charge is 0.369 e. The number of hydrogen-bond acceptors (Lipinski definition) is 4. The van der Waals surface area contributed by atoms with Crippen LogP contribution in [0, 0.1) is 13.8 Å². The number of carbonyl (C=O) groups is 1. The molecule has 1 aromatic rings. The van der Waals surface area contributed by atoms with E-state index in [1.54, 1.807) is 13.8 Å². The molecule has 5 nitrogen and oxygen atoms in total. The first-order valence-electron chi connectivity index (χ1n) is 7.64. The number of nitrogens with one attached hydrogen (secondary N) is 1. The van der Waals surface area contributed by atoms with Gasteiger partial charge >= 0.3 is 6.18 Å². The average molecular weight is 334 g/mol. The van der Waals surface area contributed by atoms with Gasteiger partial charge in [0.2, 0.25) is 5.91 Å². The second kappa shape index (κ2) is 7.33. The van der Waals surface area contributed by atoms with Crippen LogP contribution in [-0.4, -0.2) is 36.0 Å². The Kier molecular flexibility index (Phi) is 5.67. The normalized spacial score (nSPS) is 22.1. The lowest BCUT2D eigenvalue weighted by atomic mass is 9.92. The van der Waals surface area contributed by atoms with Crippen LogP contribution in [0.2, 0.25) is 0 Å². The highest BCUT2D eigenvalue weighted by molar-refractivity contribution is 5.79. The molecule has 1 heterocycles. The predicted octanol–water partition coefficient (Wildman–Crippen LogP) is 2.84.